The van der Waals surface area contributed by atoms with Gasteiger partial charge in [-0.3, -0.25) is 37.3 Å². The second-order valence-electron chi connectivity index (χ2n) is 32.6. The van der Waals surface area contributed by atoms with Crippen molar-refractivity contribution >= 4 is 39.5 Å². The third kappa shape index (κ3) is 81.9. The summed E-state index contributed by atoms with van der Waals surface area (Å²) in [7, 11) is -9.93. The van der Waals surface area contributed by atoms with Crippen LogP contribution in [-0.4, -0.2) is 96.7 Å². The van der Waals surface area contributed by atoms with E-state index in [1.807, 2.05) is 0 Å². The Hall–Kier alpha value is -1.94. The number of esters is 4. The van der Waals surface area contributed by atoms with E-state index in [4.69, 9.17) is 37.0 Å². The van der Waals surface area contributed by atoms with Crippen molar-refractivity contribution in [1.82, 2.24) is 0 Å². The number of phosphoric acid groups is 2. The third-order valence-corrected chi connectivity index (χ3v) is 22.6. The highest BCUT2D eigenvalue weighted by Crippen LogP contribution is 2.45. The number of unbranched alkanes of at least 4 members (excludes halogenated alkanes) is 57. The molecule has 17 nitrogen and oxygen atoms in total. The lowest BCUT2D eigenvalue weighted by Crippen LogP contribution is -2.30. The minimum atomic E-state index is -4.97. The second kappa shape index (κ2) is 79.3. The fourth-order valence-corrected chi connectivity index (χ4v) is 15.4. The summed E-state index contributed by atoms with van der Waals surface area (Å²) in [6.45, 7) is 9.66. The number of phosphoric ester groups is 2. The number of hydrogen-bond donors (Lipinski definition) is 3. The van der Waals surface area contributed by atoms with Crippen molar-refractivity contribution in [2.45, 2.75) is 490 Å². The lowest BCUT2D eigenvalue weighted by Gasteiger charge is -2.21. The quantitative estimate of drug-likeness (QED) is 0.0222. The number of aliphatic hydroxyl groups is 1. The molecule has 107 heavy (non-hydrogen) atoms. The Morgan fingerprint density at radius 2 is 0.430 bits per heavy atom. The van der Waals surface area contributed by atoms with Crippen molar-refractivity contribution in [3.05, 3.63) is 0 Å². The van der Waals surface area contributed by atoms with Crippen LogP contribution in [0.15, 0.2) is 0 Å². The molecule has 3 N–H and O–H groups in total. The highest BCUT2D eigenvalue weighted by atomic mass is 31.2. The SMILES string of the molecule is CCCCCCCCCCCCCCCCCCCCCCCC(=O)O[C@H](COC(=O)CCCCCCCCCCCCCCCCCCCCC)COP(=O)(O)OC[C@@H](O)COP(=O)(O)OC[C@@H](COC(=O)CCCCCCCCCCC(C)C)OC(=O)CCCCCCCCCCCCCCCC(C)C. The zero-order valence-corrected chi connectivity index (χ0v) is 72.2. The van der Waals surface area contributed by atoms with Crippen LogP contribution < -0.4 is 0 Å². The fraction of sp³-hybridized carbons (Fsp3) is 0.955. The van der Waals surface area contributed by atoms with Gasteiger partial charge < -0.3 is 33.8 Å². The lowest BCUT2D eigenvalue weighted by molar-refractivity contribution is -0.161. The molecule has 0 aromatic rings. The van der Waals surface area contributed by atoms with Crippen LogP contribution >= 0.6 is 15.6 Å². The first kappa shape index (κ1) is 105. The van der Waals surface area contributed by atoms with E-state index in [1.54, 1.807) is 0 Å². The number of carbonyl (C=O) groups is 4. The van der Waals surface area contributed by atoms with Crippen LogP contribution in [-0.2, 0) is 65.4 Å². The van der Waals surface area contributed by atoms with E-state index in [9.17, 15) is 43.2 Å². The van der Waals surface area contributed by atoms with Gasteiger partial charge in [-0.2, -0.15) is 0 Å². The maximum atomic E-state index is 13.2. The zero-order valence-electron chi connectivity index (χ0n) is 70.5. The fourth-order valence-electron chi connectivity index (χ4n) is 13.8. The highest BCUT2D eigenvalue weighted by molar-refractivity contribution is 7.47. The number of aliphatic hydroxyl groups excluding tert-OH is 1. The first-order valence-electron chi connectivity index (χ1n) is 45.5. The Kier molecular flexibility index (Phi) is 77.9. The highest BCUT2D eigenvalue weighted by Gasteiger charge is 2.30. The second-order valence-corrected chi connectivity index (χ2v) is 35.5. The smallest absolute Gasteiger partial charge is 0.462 e. The van der Waals surface area contributed by atoms with Crippen LogP contribution in [0.3, 0.4) is 0 Å². The topological polar surface area (TPSA) is 237 Å². The van der Waals surface area contributed by atoms with Gasteiger partial charge in [-0.1, -0.05) is 420 Å². The molecule has 0 amide bonds. The summed E-state index contributed by atoms with van der Waals surface area (Å²) < 4.78 is 69.0. The van der Waals surface area contributed by atoms with Gasteiger partial charge in [0.1, 0.15) is 19.3 Å². The van der Waals surface area contributed by atoms with Crippen LogP contribution in [0.2, 0.25) is 0 Å². The van der Waals surface area contributed by atoms with Gasteiger partial charge in [0.05, 0.1) is 26.4 Å². The number of hydrogen-bond acceptors (Lipinski definition) is 15. The number of ether oxygens (including phenoxy) is 4. The van der Waals surface area contributed by atoms with E-state index in [-0.39, 0.29) is 25.7 Å². The van der Waals surface area contributed by atoms with Crippen molar-refractivity contribution in [3.63, 3.8) is 0 Å². The largest absolute Gasteiger partial charge is 0.472 e. The van der Waals surface area contributed by atoms with Gasteiger partial charge in [0.2, 0.25) is 0 Å². The van der Waals surface area contributed by atoms with Crippen molar-refractivity contribution in [2.24, 2.45) is 11.8 Å². The van der Waals surface area contributed by atoms with Crippen LogP contribution in [0.4, 0.5) is 0 Å². The van der Waals surface area contributed by atoms with Crippen LogP contribution in [0, 0.1) is 11.8 Å². The molecule has 636 valence electrons. The molecule has 0 spiro atoms. The average molecular weight is 1560 g/mol. The monoisotopic (exact) mass is 1560 g/mol. The van der Waals surface area contributed by atoms with Crippen molar-refractivity contribution in [2.75, 3.05) is 39.6 Å². The summed E-state index contributed by atoms with van der Waals surface area (Å²) >= 11 is 0. The van der Waals surface area contributed by atoms with E-state index in [0.717, 1.165) is 102 Å². The Morgan fingerprint density at radius 3 is 0.636 bits per heavy atom. The van der Waals surface area contributed by atoms with Crippen molar-refractivity contribution in [3.8, 4) is 0 Å². The number of rotatable bonds is 87. The molecule has 0 saturated carbocycles. The molecular formula is C88H172O17P2. The molecule has 0 radical (unpaired) electrons. The summed E-state index contributed by atoms with van der Waals surface area (Å²) in [4.78, 5) is 73.3. The summed E-state index contributed by atoms with van der Waals surface area (Å²) in [5.41, 5.74) is 0. The van der Waals surface area contributed by atoms with Gasteiger partial charge in [-0.05, 0) is 37.5 Å². The van der Waals surface area contributed by atoms with Crippen LogP contribution in [0.25, 0.3) is 0 Å². The van der Waals surface area contributed by atoms with Crippen LogP contribution in [0.1, 0.15) is 472 Å². The molecule has 0 heterocycles. The van der Waals surface area contributed by atoms with E-state index >= 15 is 0 Å². The first-order valence-corrected chi connectivity index (χ1v) is 48.5. The molecule has 0 bridgehead atoms. The average Bonchev–Trinajstić information content (AvgIpc) is 0.904. The Balaban J connectivity index is 5.24. The lowest BCUT2D eigenvalue weighted by atomic mass is 10.0. The Bertz CT molecular complexity index is 2050. The predicted molar refractivity (Wildman–Crippen MR) is 442 cm³/mol. The minimum Gasteiger partial charge on any atom is -0.462 e. The molecule has 2 unspecified atom stereocenters. The molecule has 19 heteroatoms. The first-order chi connectivity index (χ1) is 51.9. The maximum Gasteiger partial charge on any atom is 0.472 e. The zero-order chi connectivity index (χ0) is 78.5. The molecule has 0 fully saturated rings. The van der Waals surface area contributed by atoms with E-state index in [1.165, 1.54) is 289 Å². The molecule has 0 aliphatic carbocycles. The molecule has 0 saturated heterocycles. The summed E-state index contributed by atoms with van der Waals surface area (Å²) in [6.07, 6.45) is 72.4. The normalized spacial score (nSPS) is 13.8. The molecule has 5 atom stereocenters. The minimum absolute atomic E-state index is 0.107. The molecular weight excluding hydrogens is 1390 g/mol. The van der Waals surface area contributed by atoms with Gasteiger partial charge in [0, 0.05) is 25.7 Å². The molecule has 0 aromatic carbocycles. The van der Waals surface area contributed by atoms with Gasteiger partial charge >= 0.3 is 39.5 Å². The molecule has 0 rings (SSSR count). The van der Waals surface area contributed by atoms with Gasteiger partial charge in [0.15, 0.2) is 12.2 Å². The third-order valence-electron chi connectivity index (χ3n) is 20.7. The summed E-state index contributed by atoms with van der Waals surface area (Å²) in [5, 5.41) is 10.7. The van der Waals surface area contributed by atoms with E-state index < -0.39 is 97.5 Å². The van der Waals surface area contributed by atoms with Gasteiger partial charge in [0.25, 0.3) is 0 Å². The Morgan fingerprint density at radius 1 is 0.252 bits per heavy atom. The summed E-state index contributed by atoms with van der Waals surface area (Å²) in [5.74, 6) is -0.588. The Labute approximate surface area is 658 Å². The molecule has 0 aliphatic rings. The van der Waals surface area contributed by atoms with E-state index in [2.05, 4.69) is 41.5 Å². The van der Waals surface area contributed by atoms with Crippen LogP contribution in [0.5, 0.6) is 0 Å². The van der Waals surface area contributed by atoms with Crippen molar-refractivity contribution < 1.29 is 80.2 Å². The van der Waals surface area contributed by atoms with Crippen molar-refractivity contribution in [1.29, 1.82) is 0 Å². The van der Waals surface area contributed by atoms with E-state index in [0.29, 0.717) is 25.7 Å². The van der Waals surface area contributed by atoms with Gasteiger partial charge in [-0.15, -0.1) is 0 Å². The predicted octanol–water partition coefficient (Wildman–Crippen LogP) is 27.0. The summed E-state index contributed by atoms with van der Waals surface area (Å²) in [6, 6.07) is 0. The maximum absolute atomic E-state index is 13.2. The standard InChI is InChI=1S/C88H172O17P2/c1-7-9-11-13-15-17-19-21-23-25-27-28-30-32-34-38-42-46-54-60-66-72-87(92)104-83(76-98-85(90)70-64-58-52-45-41-37-33-31-29-26-24-22-20-18-16-14-12-10-8-2)78-102-106(94,95)100-74-82(89)75-101-107(96,97)103-79-84(77-99-86(91)71-65-59-53-49-48-51-57-63-69-81(5)6)105-88(93)73-67-61-55-47-43-39-35-36-40-44-50-56-62-68-80(3)4/h80-84,89H,7-79H2,1-6H3,(H,94,95)(H,96,97)/t82-,83-,84-/m1/s1. The molecule has 0 aliphatic heterocycles. The van der Waals surface area contributed by atoms with Gasteiger partial charge in [-0.25, -0.2) is 9.13 Å². The number of carbonyl (C=O) groups excluding carboxylic acids is 4. The molecule has 0 aromatic heterocycles.